The number of halogens is 3. The normalized spacial score (nSPS) is 11.5. The van der Waals surface area contributed by atoms with Gasteiger partial charge in [0.05, 0.1) is 18.9 Å². The quantitative estimate of drug-likeness (QED) is 0.708. The SMILES string of the molecule is CCOc1ccccc1N(C)c1nc(OCC(C)C)ncc1C(F)(F)F. The number of benzene rings is 1. The van der Waals surface area contributed by atoms with Crippen LogP contribution in [0.3, 0.4) is 0 Å². The van der Waals surface area contributed by atoms with Gasteiger partial charge in [-0.15, -0.1) is 0 Å². The van der Waals surface area contributed by atoms with Crippen molar-refractivity contribution in [3.05, 3.63) is 36.0 Å². The van der Waals surface area contributed by atoms with Gasteiger partial charge in [0.2, 0.25) is 0 Å². The van der Waals surface area contributed by atoms with Crippen molar-refractivity contribution in [3.63, 3.8) is 0 Å². The molecule has 0 unspecified atom stereocenters. The number of rotatable bonds is 7. The van der Waals surface area contributed by atoms with Gasteiger partial charge in [0, 0.05) is 13.2 Å². The third-order valence-electron chi connectivity index (χ3n) is 3.44. The maximum atomic E-state index is 13.4. The maximum Gasteiger partial charge on any atom is 0.421 e. The maximum absolute atomic E-state index is 13.4. The molecular weight excluding hydrogens is 347 g/mol. The molecule has 0 aliphatic rings. The molecule has 2 rings (SSSR count). The molecule has 0 aliphatic carbocycles. The van der Waals surface area contributed by atoms with Gasteiger partial charge >= 0.3 is 12.2 Å². The van der Waals surface area contributed by atoms with Crippen molar-refractivity contribution in [2.75, 3.05) is 25.2 Å². The van der Waals surface area contributed by atoms with Crippen LogP contribution in [0, 0.1) is 5.92 Å². The molecule has 1 aromatic carbocycles. The van der Waals surface area contributed by atoms with Gasteiger partial charge in [-0.1, -0.05) is 26.0 Å². The molecule has 0 N–H and O–H groups in total. The first-order valence-electron chi connectivity index (χ1n) is 8.26. The van der Waals surface area contributed by atoms with E-state index in [0.29, 0.717) is 24.7 Å². The second kappa shape index (κ2) is 8.25. The number of hydrogen-bond acceptors (Lipinski definition) is 5. The van der Waals surface area contributed by atoms with Gasteiger partial charge in [-0.3, -0.25) is 0 Å². The summed E-state index contributed by atoms with van der Waals surface area (Å²) < 4.78 is 51.2. The molecule has 0 saturated carbocycles. The lowest BCUT2D eigenvalue weighted by Gasteiger charge is -2.24. The zero-order valence-corrected chi connectivity index (χ0v) is 15.2. The van der Waals surface area contributed by atoms with Gasteiger partial charge in [-0.2, -0.15) is 18.2 Å². The number of hydrogen-bond donors (Lipinski definition) is 0. The van der Waals surface area contributed by atoms with E-state index < -0.39 is 11.7 Å². The number of ether oxygens (including phenoxy) is 2. The highest BCUT2D eigenvalue weighted by Crippen LogP contribution is 2.40. The minimum absolute atomic E-state index is 0.0950. The molecule has 0 amide bonds. The van der Waals surface area contributed by atoms with Crippen molar-refractivity contribution in [2.45, 2.75) is 26.9 Å². The zero-order chi connectivity index (χ0) is 19.3. The number of alkyl halides is 3. The van der Waals surface area contributed by atoms with Crippen molar-refractivity contribution in [3.8, 4) is 11.8 Å². The summed E-state index contributed by atoms with van der Waals surface area (Å²) in [4.78, 5) is 9.04. The molecule has 142 valence electrons. The minimum Gasteiger partial charge on any atom is -0.492 e. The summed E-state index contributed by atoms with van der Waals surface area (Å²) in [5.74, 6) is 0.369. The van der Waals surface area contributed by atoms with E-state index >= 15 is 0 Å². The van der Waals surface area contributed by atoms with Gasteiger partial charge in [0.25, 0.3) is 0 Å². The fraction of sp³-hybridized carbons (Fsp3) is 0.444. The third-order valence-corrected chi connectivity index (χ3v) is 3.44. The van der Waals surface area contributed by atoms with Crippen LogP contribution >= 0.6 is 0 Å². The lowest BCUT2D eigenvalue weighted by atomic mass is 10.2. The van der Waals surface area contributed by atoms with Gasteiger partial charge < -0.3 is 14.4 Å². The Morgan fingerprint density at radius 3 is 2.46 bits per heavy atom. The van der Waals surface area contributed by atoms with Crippen molar-refractivity contribution in [2.24, 2.45) is 5.92 Å². The van der Waals surface area contributed by atoms with E-state index in [9.17, 15) is 13.2 Å². The van der Waals surface area contributed by atoms with E-state index in [4.69, 9.17) is 9.47 Å². The average molecular weight is 369 g/mol. The van der Waals surface area contributed by atoms with Gasteiger partial charge in [-0.05, 0) is 25.0 Å². The van der Waals surface area contributed by atoms with Crippen molar-refractivity contribution < 1.29 is 22.6 Å². The fourth-order valence-corrected chi connectivity index (χ4v) is 2.25. The number of anilines is 2. The van der Waals surface area contributed by atoms with Crippen LogP contribution in [-0.2, 0) is 6.18 Å². The summed E-state index contributed by atoms with van der Waals surface area (Å²) in [5.41, 5.74) is -0.475. The molecule has 26 heavy (non-hydrogen) atoms. The first kappa shape index (κ1) is 19.8. The minimum atomic E-state index is -4.60. The van der Waals surface area contributed by atoms with Crippen LogP contribution in [0.25, 0.3) is 0 Å². The predicted octanol–water partition coefficient (Wildman–Crippen LogP) is 4.70. The lowest BCUT2D eigenvalue weighted by molar-refractivity contribution is -0.137. The summed E-state index contributed by atoms with van der Waals surface area (Å²) in [7, 11) is 1.50. The first-order chi connectivity index (χ1) is 12.2. The fourth-order valence-electron chi connectivity index (χ4n) is 2.25. The Morgan fingerprint density at radius 1 is 1.15 bits per heavy atom. The Morgan fingerprint density at radius 2 is 1.85 bits per heavy atom. The molecule has 0 spiro atoms. The van der Waals surface area contributed by atoms with E-state index in [1.165, 1.54) is 11.9 Å². The summed E-state index contributed by atoms with van der Waals surface area (Å²) in [6.07, 6.45) is -3.85. The third kappa shape index (κ3) is 4.77. The molecule has 5 nitrogen and oxygen atoms in total. The summed E-state index contributed by atoms with van der Waals surface area (Å²) in [6, 6.07) is 6.74. The molecule has 1 aromatic heterocycles. The van der Waals surface area contributed by atoms with Crippen LogP contribution in [0.15, 0.2) is 30.5 Å². The zero-order valence-electron chi connectivity index (χ0n) is 15.2. The van der Waals surface area contributed by atoms with Crippen LogP contribution < -0.4 is 14.4 Å². The van der Waals surface area contributed by atoms with Crippen LogP contribution in [0.2, 0.25) is 0 Å². The standard InChI is InChI=1S/C18H22F3N3O2/c1-5-25-15-9-7-6-8-14(15)24(4)16-13(18(19,20)21)10-22-17(23-16)26-11-12(2)3/h6-10,12H,5,11H2,1-4H3. The lowest BCUT2D eigenvalue weighted by Crippen LogP contribution is -2.20. The van der Waals surface area contributed by atoms with Crippen LogP contribution in [0.5, 0.6) is 11.8 Å². The molecule has 2 aromatic rings. The highest BCUT2D eigenvalue weighted by molar-refractivity contribution is 5.68. The van der Waals surface area contributed by atoms with Gasteiger partial charge in [0.15, 0.2) is 5.82 Å². The Labute approximate surface area is 150 Å². The summed E-state index contributed by atoms with van der Waals surface area (Å²) >= 11 is 0. The highest BCUT2D eigenvalue weighted by atomic mass is 19.4. The van der Waals surface area contributed by atoms with E-state index in [1.807, 2.05) is 13.8 Å². The Hall–Kier alpha value is -2.51. The van der Waals surface area contributed by atoms with Crippen molar-refractivity contribution >= 4 is 11.5 Å². The molecular formula is C18H22F3N3O2. The molecule has 0 bridgehead atoms. The molecule has 0 radical (unpaired) electrons. The first-order valence-corrected chi connectivity index (χ1v) is 8.26. The summed E-state index contributed by atoms with van der Waals surface area (Å²) in [5, 5.41) is 0. The Balaban J connectivity index is 2.49. The van der Waals surface area contributed by atoms with Crippen molar-refractivity contribution in [1.82, 2.24) is 9.97 Å². The highest BCUT2D eigenvalue weighted by Gasteiger charge is 2.37. The smallest absolute Gasteiger partial charge is 0.421 e. The molecule has 0 fully saturated rings. The largest absolute Gasteiger partial charge is 0.492 e. The number of nitrogens with zero attached hydrogens (tertiary/aromatic N) is 3. The van der Waals surface area contributed by atoms with E-state index in [-0.39, 0.29) is 17.7 Å². The summed E-state index contributed by atoms with van der Waals surface area (Å²) in [6.45, 7) is 6.36. The molecule has 8 heteroatoms. The van der Waals surface area contributed by atoms with Crippen LogP contribution in [0.4, 0.5) is 24.7 Å². The van der Waals surface area contributed by atoms with Crippen LogP contribution in [0.1, 0.15) is 26.3 Å². The molecule has 0 atom stereocenters. The average Bonchev–Trinajstić information content (AvgIpc) is 2.59. The topological polar surface area (TPSA) is 47.5 Å². The number of aromatic nitrogens is 2. The van der Waals surface area contributed by atoms with Gasteiger partial charge in [0.1, 0.15) is 11.3 Å². The Kier molecular flexibility index (Phi) is 6.28. The van der Waals surface area contributed by atoms with Crippen molar-refractivity contribution in [1.29, 1.82) is 0 Å². The second-order valence-electron chi connectivity index (χ2n) is 6.05. The molecule has 0 aliphatic heterocycles. The monoisotopic (exact) mass is 369 g/mol. The van der Waals surface area contributed by atoms with E-state index in [2.05, 4.69) is 9.97 Å². The second-order valence-corrected chi connectivity index (χ2v) is 6.05. The Bertz CT molecular complexity index is 736. The molecule has 0 saturated heterocycles. The number of para-hydroxylation sites is 2. The van der Waals surface area contributed by atoms with E-state index in [1.54, 1.807) is 31.2 Å². The van der Waals surface area contributed by atoms with Crippen LogP contribution in [-0.4, -0.2) is 30.2 Å². The predicted molar refractivity (Wildman–Crippen MR) is 93.0 cm³/mol. The molecule has 1 heterocycles. The van der Waals surface area contributed by atoms with E-state index in [0.717, 1.165) is 6.20 Å². The van der Waals surface area contributed by atoms with Gasteiger partial charge in [-0.25, -0.2) is 4.98 Å².